The maximum absolute atomic E-state index is 12.1. The molecule has 1 aromatic heterocycles. The predicted octanol–water partition coefficient (Wildman–Crippen LogP) is 3.59. The van der Waals surface area contributed by atoms with Crippen molar-refractivity contribution in [3.63, 3.8) is 0 Å². The zero-order valence-corrected chi connectivity index (χ0v) is 18.7. The molecule has 6 nitrogen and oxygen atoms in total. The molecule has 0 spiro atoms. The number of carbonyl (C=O) groups excluding carboxylic acids is 1. The summed E-state index contributed by atoms with van der Waals surface area (Å²) in [5, 5.41) is 1.01. The number of nitrogens with zero attached hydrogens (tertiary/aromatic N) is 3. The van der Waals surface area contributed by atoms with Gasteiger partial charge < -0.3 is 19.3 Å². The number of amides is 1. The lowest BCUT2D eigenvalue weighted by atomic mass is 10.1. The quantitative estimate of drug-likeness (QED) is 0.600. The molecule has 1 saturated heterocycles. The fourth-order valence-corrected chi connectivity index (χ4v) is 5.35. The summed E-state index contributed by atoms with van der Waals surface area (Å²) in [5.41, 5.74) is 2.22. The van der Waals surface area contributed by atoms with Crippen molar-refractivity contribution in [1.82, 2.24) is 14.8 Å². The van der Waals surface area contributed by atoms with Gasteiger partial charge in [0.2, 0.25) is 5.91 Å². The van der Waals surface area contributed by atoms with E-state index in [1.165, 1.54) is 24.3 Å². The first kappa shape index (κ1) is 21.3. The number of rotatable bonds is 8. The summed E-state index contributed by atoms with van der Waals surface area (Å²) in [5.74, 6) is 0.949. The maximum Gasteiger partial charge on any atom is 0.248 e. The molecule has 2 aromatic rings. The summed E-state index contributed by atoms with van der Waals surface area (Å²) < 4.78 is 10.9. The molecule has 1 aromatic carbocycles. The number of hydrogen-bond acceptors (Lipinski definition) is 6. The minimum Gasteiger partial charge on any atom is -0.494 e. The van der Waals surface area contributed by atoms with Gasteiger partial charge in [0.15, 0.2) is 0 Å². The monoisotopic (exact) mass is 429 g/mol. The Bertz CT molecular complexity index is 852. The molecule has 3 heterocycles. The van der Waals surface area contributed by atoms with Gasteiger partial charge in [0.1, 0.15) is 17.4 Å². The number of benzene rings is 1. The highest BCUT2D eigenvalue weighted by molar-refractivity contribution is 7.15. The Labute approximate surface area is 182 Å². The van der Waals surface area contributed by atoms with Crippen molar-refractivity contribution in [3.8, 4) is 16.3 Å². The summed E-state index contributed by atoms with van der Waals surface area (Å²) >= 11 is 1.68. The van der Waals surface area contributed by atoms with Crippen molar-refractivity contribution in [2.75, 3.05) is 40.0 Å². The second-order valence-corrected chi connectivity index (χ2v) is 9.22. The molecule has 0 radical (unpaired) electrons. The molecule has 0 aliphatic carbocycles. The minimum absolute atomic E-state index is 0.0405. The SMILES string of the molecule is COCC(=O)N1CCc2nc(-c3ccc(OCCCN4CCCC4C)cc3)sc2C1. The van der Waals surface area contributed by atoms with Gasteiger partial charge in [-0.2, -0.15) is 0 Å². The third kappa shape index (κ3) is 5.02. The van der Waals surface area contributed by atoms with E-state index in [-0.39, 0.29) is 12.5 Å². The summed E-state index contributed by atoms with van der Waals surface area (Å²) in [6.45, 7) is 6.89. The van der Waals surface area contributed by atoms with Gasteiger partial charge in [-0.1, -0.05) is 0 Å². The Morgan fingerprint density at radius 1 is 1.27 bits per heavy atom. The van der Waals surface area contributed by atoms with Crippen molar-refractivity contribution >= 4 is 17.2 Å². The fourth-order valence-electron chi connectivity index (χ4n) is 4.22. The highest BCUT2D eigenvalue weighted by Crippen LogP contribution is 2.32. The Morgan fingerprint density at radius 3 is 2.83 bits per heavy atom. The molecule has 0 saturated carbocycles. The van der Waals surface area contributed by atoms with Crippen LogP contribution in [0.15, 0.2) is 24.3 Å². The Morgan fingerprint density at radius 2 is 2.10 bits per heavy atom. The van der Waals surface area contributed by atoms with Crippen LogP contribution in [-0.2, 0) is 22.5 Å². The first-order valence-corrected chi connectivity index (χ1v) is 11.7. The predicted molar refractivity (Wildman–Crippen MR) is 119 cm³/mol. The molecular formula is C23H31N3O3S. The largest absolute Gasteiger partial charge is 0.494 e. The molecule has 162 valence electrons. The summed E-state index contributed by atoms with van der Waals surface area (Å²) in [7, 11) is 1.56. The van der Waals surface area contributed by atoms with Crippen LogP contribution in [0.1, 0.15) is 36.8 Å². The maximum atomic E-state index is 12.1. The topological polar surface area (TPSA) is 54.9 Å². The van der Waals surface area contributed by atoms with E-state index in [9.17, 15) is 4.79 Å². The van der Waals surface area contributed by atoms with Crippen LogP contribution in [0.4, 0.5) is 0 Å². The third-order valence-corrected chi connectivity index (χ3v) is 7.13. The smallest absolute Gasteiger partial charge is 0.248 e. The number of methoxy groups -OCH3 is 1. The number of fused-ring (bicyclic) bond motifs is 1. The van der Waals surface area contributed by atoms with E-state index >= 15 is 0 Å². The van der Waals surface area contributed by atoms with E-state index in [2.05, 4.69) is 24.0 Å². The molecule has 7 heteroatoms. The normalized spacial score (nSPS) is 19.1. The molecule has 2 aliphatic rings. The van der Waals surface area contributed by atoms with Crippen LogP contribution in [0.5, 0.6) is 5.75 Å². The molecule has 0 N–H and O–H groups in total. The molecule has 1 unspecified atom stereocenters. The van der Waals surface area contributed by atoms with Gasteiger partial charge in [0.25, 0.3) is 0 Å². The van der Waals surface area contributed by atoms with Gasteiger partial charge in [-0.15, -0.1) is 11.3 Å². The number of aromatic nitrogens is 1. The van der Waals surface area contributed by atoms with Gasteiger partial charge in [-0.3, -0.25) is 4.79 Å². The highest BCUT2D eigenvalue weighted by Gasteiger charge is 2.24. The van der Waals surface area contributed by atoms with Crippen molar-refractivity contribution in [2.45, 2.75) is 45.2 Å². The standard InChI is InChI=1S/C23H31N3O3S/c1-17-5-3-11-25(17)12-4-14-29-19-8-6-18(7-9-19)23-24-20-10-13-26(15-21(20)30-23)22(27)16-28-2/h6-9,17H,3-5,10-16H2,1-2H3. The molecule has 1 amide bonds. The van der Waals surface area contributed by atoms with E-state index in [0.29, 0.717) is 13.1 Å². The van der Waals surface area contributed by atoms with E-state index in [1.54, 1.807) is 18.4 Å². The van der Waals surface area contributed by atoms with Crippen molar-refractivity contribution in [1.29, 1.82) is 0 Å². The van der Waals surface area contributed by atoms with Gasteiger partial charge in [0, 0.05) is 43.1 Å². The van der Waals surface area contributed by atoms with Crippen LogP contribution >= 0.6 is 11.3 Å². The molecule has 4 rings (SSSR count). The number of carbonyl (C=O) groups is 1. The van der Waals surface area contributed by atoms with Crippen LogP contribution in [0.3, 0.4) is 0 Å². The molecule has 2 aliphatic heterocycles. The van der Waals surface area contributed by atoms with Crippen LogP contribution < -0.4 is 4.74 Å². The van der Waals surface area contributed by atoms with Crippen LogP contribution in [-0.4, -0.2) is 66.7 Å². The van der Waals surface area contributed by atoms with Crippen LogP contribution in [0.2, 0.25) is 0 Å². The van der Waals surface area contributed by atoms with E-state index < -0.39 is 0 Å². The average molecular weight is 430 g/mol. The second kappa shape index (κ2) is 9.90. The van der Waals surface area contributed by atoms with E-state index in [4.69, 9.17) is 14.5 Å². The van der Waals surface area contributed by atoms with Crippen molar-refractivity contribution in [2.24, 2.45) is 0 Å². The zero-order chi connectivity index (χ0) is 20.9. The zero-order valence-electron chi connectivity index (χ0n) is 17.9. The summed E-state index contributed by atoms with van der Waals surface area (Å²) in [6.07, 6.45) is 4.51. The number of thiazole rings is 1. The molecule has 30 heavy (non-hydrogen) atoms. The number of likely N-dealkylation sites (tertiary alicyclic amines) is 1. The third-order valence-electron chi connectivity index (χ3n) is 6.00. The van der Waals surface area contributed by atoms with E-state index in [1.807, 2.05) is 17.0 Å². The fraction of sp³-hybridized carbons (Fsp3) is 0.565. The molecule has 1 atom stereocenters. The summed E-state index contributed by atoms with van der Waals surface area (Å²) in [4.78, 5) is 22.5. The first-order chi connectivity index (χ1) is 14.6. The Hall–Kier alpha value is -1.96. The second-order valence-electron chi connectivity index (χ2n) is 8.14. The van der Waals surface area contributed by atoms with Crippen molar-refractivity contribution < 1.29 is 14.3 Å². The van der Waals surface area contributed by atoms with Gasteiger partial charge in [-0.05, 0) is 57.0 Å². The average Bonchev–Trinajstić information content (AvgIpc) is 3.37. The lowest BCUT2D eigenvalue weighted by Gasteiger charge is -2.25. The minimum atomic E-state index is 0.0405. The number of hydrogen-bond donors (Lipinski definition) is 0. The number of ether oxygens (including phenoxy) is 2. The van der Waals surface area contributed by atoms with Gasteiger partial charge in [0.05, 0.1) is 18.8 Å². The first-order valence-electron chi connectivity index (χ1n) is 10.9. The molecular weight excluding hydrogens is 398 g/mol. The lowest BCUT2D eigenvalue weighted by Crippen LogP contribution is -2.37. The van der Waals surface area contributed by atoms with Gasteiger partial charge in [-0.25, -0.2) is 4.98 Å². The van der Waals surface area contributed by atoms with Crippen LogP contribution in [0, 0.1) is 0 Å². The molecule has 0 bridgehead atoms. The summed E-state index contributed by atoms with van der Waals surface area (Å²) in [6, 6.07) is 8.94. The van der Waals surface area contributed by atoms with Gasteiger partial charge >= 0.3 is 0 Å². The Balaban J connectivity index is 1.30. The van der Waals surface area contributed by atoms with Crippen LogP contribution in [0.25, 0.3) is 10.6 Å². The lowest BCUT2D eigenvalue weighted by molar-refractivity contribution is -0.136. The molecule has 1 fully saturated rings. The van der Waals surface area contributed by atoms with E-state index in [0.717, 1.165) is 54.0 Å². The Kier molecular flexibility index (Phi) is 7.02. The van der Waals surface area contributed by atoms with Crippen molar-refractivity contribution in [3.05, 3.63) is 34.8 Å². The highest BCUT2D eigenvalue weighted by atomic mass is 32.1.